The second kappa shape index (κ2) is 9.28. The first kappa shape index (κ1) is 27.0. The molecule has 2 aliphatic heterocycles. The lowest BCUT2D eigenvalue weighted by Gasteiger charge is -2.37. The molecule has 0 aromatic carbocycles. The number of nitrogens with one attached hydrogen (secondary N) is 3. The standard InChI is InChI=1S/C28H37N7O4/c1-26(2,3)21(33-23(37)18-13-30-8-9-31-18)25(39)35-14-17-19(27(17,4)5)20(35)24(38)32-16(12-29)10-15-11-28(6-7-28)34-22(15)36/h8-9,13,15-17,19-21H,6-7,10-11,14H2,1-5H3,(H,32,38)(H,33,37)(H,34,36). The summed E-state index contributed by atoms with van der Waals surface area (Å²) in [6.45, 7) is 10.1. The van der Waals surface area contributed by atoms with Gasteiger partial charge in [-0.05, 0) is 48.3 Å². The third-order valence-corrected chi connectivity index (χ3v) is 9.19. The van der Waals surface area contributed by atoms with Crippen LogP contribution in [0.15, 0.2) is 18.6 Å². The molecule has 1 aromatic heterocycles. The Bertz CT molecular complexity index is 1230. The van der Waals surface area contributed by atoms with Gasteiger partial charge in [0.15, 0.2) is 0 Å². The van der Waals surface area contributed by atoms with Gasteiger partial charge in [0.05, 0.1) is 12.3 Å². The van der Waals surface area contributed by atoms with E-state index in [1.807, 2.05) is 20.8 Å². The van der Waals surface area contributed by atoms with E-state index in [1.165, 1.54) is 18.6 Å². The molecule has 5 rings (SSSR count). The third-order valence-electron chi connectivity index (χ3n) is 9.19. The minimum Gasteiger partial charge on any atom is -0.350 e. The molecule has 4 aliphatic rings. The topological polar surface area (TPSA) is 157 Å². The van der Waals surface area contributed by atoms with Crippen LogP contribution >= 0.6 is 0 Å². The lowest BCUT2D eigenvalue weighted by Crippen LogP contribution is -2.59. The van der Waals surface area contributed by atoms with E-state index < -0.39 is 29.4 Å². The summed E-state index contributed by atoms with van der Waals surface area (Å²) in [6.07, 6.45) is 7.04. The van der Waals surface area contributed by atoms with Crippen LogP contribution in [0, 0.1) is 39.9 Å². The summed E-state index contributed by atoms with van der Waals surface area (Å²) in [5, 5.41) is 18.5. The fraction of sp³-hybridized carbons (Fsp3) is 0.679. The van der Waals surface area contributed by atoms with Gasteiger partial charge in [0, 0.05) is 30.4 Å². The molecule has 3 N–H and O–H groups in total. The Labute approximate surface area is 228 Å². The number of carbonyl (C=O) groups is 4. The van der Waals surface area contributed by atoms with Gasteiger partial charge in [0.2, 0.25) is 17.7 Å². The average Bonchev–Trinajstić information content (AvgIpc) is 3.60. The number of carbonyl (C=O) groups excluding carboxylic acids is 4. The van der Waals surface area contributed by atoms with E-state index in [0.29, 0.717) is 13.0 Å². The van der Waals surface area contributed by atoms with Crippen LogP contribution in [0.25, 0.3) is 0 Å². The molecular formula is C28H37N7O4. The summed E-state index contributed by atoms with van der Waals surface area (Å²) in [4.78, 5) is 62.6. The lowest BCUT2D eigenvalue weighted by molar-refractivity contribution is -0.143. The number of amides is 4. The average molecular weight is 536 g/mol. The van der Waals surface area contributed by atoms with Gasteiger partial charge >= 0.3 is 0 Å². The molecule has 11 heteroatoms. The number of likely N-dealkylation sites (tertiary alicyclic amines) is 1. The molecule has 2 saturated heterocycles. The second-order valence-electron chi connectivity index (χ2n) is 13.3. The highest BCUT2D eigenvalue weighted by atomic mass is 16.2. The SMILES string of the molecule is CC(C)(C)C(NC(=O)c1cnccn1)C(=O)N1CC2C(C1C(=O)NC(C#N)CC1CC3(CC3)NC1=O)C2(C)C. The zero-order valence-electron chi connectivity index (χ0n) is 23.2. The maximum Gasteiger partial charge on any atom is 0.272 e. The van der Waals surface area contributed by atoms with Crippen molar-refractivity contribution < 1.29 is 19.2 Å². The van der Waals surface area contributed by atoms with Crippen molar-refractivity contribution in [3.05, 3.63) is 24.3 Å². The van der Waals surface area contributed by atoms with Crippen LogP contribution in [-0.2, 0) is 14.4 Å². The molecule has 0 radical (unpaired) electrons. The van der Waals surface area contributed by atoms with Gasteiger partial charge in [-0.3, -0.25) is 24.2 Å². The van der Waals surface area contributed by atoms with Gasteiger partial charge in [0.1, 0.15) is 23.8 Å². The highest BCUT2D eigenvalue weighted by molar-refractivity contribution is 5.98. The number of aromatic nitrogens is 2. The van der Waals surface area contributed by atoms with E-state index in [1.54, 1.807) is 4.90 Å². The van der Waals surface area contributed by atoms with Crippen molar-refractivity contribution in [2.75, 3.05) is 6.54 Å². The Morgan fingerprint density at radius 1 is 1.23 bits per heavy atom. The van der Waals surface area contributed by atoms with Crippen LogP contribution in [0.2, 0.25) is 0 Å². The molecule has 6 atom stereocenters. The number of hydrogen-bond donors (Lipinski definition) is 3. The predicted octanol–water partition coefficient (Wildman–Crippen LogP) is 1.17. The van der Waals surface area contributed by atoms with Gasteiger partial charge in [-0.25, -0.2) is 4.98 Å². The van der Waals surface area contributed by atoms with Crippen molar-refractivity contribution in [2.45, 2.75) is 84.0 Å². The van der Waals surface area contributed by atoms with Crippen LogP contribution in [0.4, 0.5) is 0 Å². The van der Waals surface area contributed by atoms with E-state index in [9.17, 15) is 24.4 Å². The molecule has 39 heavy (non-hydrogen) atoms. The van der Waals surface area contributed by atoms with Crippen molar-refractivity contribution in [2.24, 2.45) is 28.6 Å². The first-order valence-electron chi connectivity index (χ1n) is 13.7. The molecule has 3 heterocycles. The number of nitriles is 1. The zero-order chi connectivity index (χ0) is 28.3. The van der Waals surface area contributed by atoms with E-state index in [2.05, 4.69) is 45.8 Å². The van der Waals surface area contributed by atoms with E-state index in [0.717, 1.165) is 12.8 Å². The monoisotopic (exact) mass is 535 g/mol. The van der Waals surface area contributed by atoms with E-state index in [-0.39, 0.29) is 58.5 Å². The highest BCUT2D eigenvalue weighted by Crippen LogP contribution is 2.65. The van der Waals surface area contributed by atoms with Crippen molar-refractivity contribution in [1.29, 1.82) is 5.26 Å². The summed E-state index contributed by atoms with van der Waals surface area (Å²) in [6, 6.07) is -0.363. The predicted molar refractivity (Wildman–Crippen MR) is 139 cm³/mol. The Morgan fingerprint density at radius 2 is 1.95 bits per heavy atom. The third kappa shape index (κ3) is 4.97. The number of piperidine rings is 1. The maximum absolute atomic E-state index is 14.0. The Kier molecular flexibility index (Phi) is 6.43. The van der Waals surface area contributed by atoms with Crippen LogP contribution in [0.5, 0.6) is 0 Å². The molecule has 2 saturated carbocycles. The van der Waals surface area contributed by atoms with Gasteiger partial charge in [-0.1, -0.05) is 34.6 Å². The second-order valence-corrected chi connectivity index (χ2v) is 13.3. The lowest BCUT2D eigenvalue weighted by atomic mass is 9.85. The largest absolute Gasteiger partial charge is 0.350 e. The number of rotatable bonds is 7. The number of fused-ring (bicyclic) bond motifs is 1. The van der Waals surface area contributed by atoms with Crippen molar-refractivity contribution in [3.8, 4) is 6.07 Å². The molecule has 208 valence electrons. The molecule has 1 spiro atoms. The zero-order valence-corrected chi connectivity index (χ0v) is 23.2. The Hall–Kier alpha value is -3.55. The van der Waals surface area contributed by atoms with Gasteiger partial charge in [-0.2, -0.15) is 5.26 Å². The molecule has 0 bridgehead atoms. The van der Waals surface area contributed by atoms with Crippen LogP contribution in [-0.4, -0.2) is 68.7 Å². The quantitative estimate of drug-likeness (QED) is 0.473. The molecule has 1 aromatic rings. The fourth-order valence-corrected chi connectivity index (χ4v) is 6.58. The molecule has 11 nitrogen and oxygen atoms in total. The van der Waals surface area contributed by atoms with E-state index >= 15 is 0 Å². The van der Waals surface area contributed by atoms with Gasteiger partial charge in [-0.15, -0.1) is 0 Å². The fourth-order valence-electron chi connectivity index (χ4n) is 6.58. The molecule has 4 fully saturated rings. The molecule has 2 aliphatic carbocycles. The Morgan fingerprint density at radius 3 is 2.51 bits per heavy atom. The van der Waals surface area contributed by atoms with Gasteiger partial charge in [0.25, 0.3) is 5.91 Å². The normalized spacial score (nSPS) is 29.0. The van der Waals surface area contributed by atoms with Crippen LogP contribution in [0.1, 0.15) is 70.8 Å². The van der Waals surface area contributed by atoms with Gasteiger partial charge < -0.3 is 20.9 Å². The van der Waals surface area contributed by atoms with Crippen molar-refractivity contribution >= 4 is 23.6 Å². The maximum atomic E-state index is 14.0. The van der Waals surface area contributed by atoms with Crippen LogP contribution in [0.3, 0.4) is 0 Å². The highest BCUT2D eigenvalue weighted by Gasteiger charge is 2.70. The Balaban J connectivity index is 1.32. The van der Waals surface area contributed by atoms with Crippen molar-refractivity contribution in [3.63, 3.8) is 0 Å². The summed E-state index contributed by atoms with van der Waals surface area (Å²) in [7, 11) is 0. The number of nitrogens with zero attached hydrogens (tertiary/aromatic N) is 4. The number of hydrogen-bond acceptors (Lipinski definition) is 7. The summed E-state index contributed by atoms with van der Waals surface area (Å²) >= 11 is 0. The summed E-state index contributed by atoms with van der Waals surface area (Å²) in [5.74, 6) is -1.54. The smallest absolute Gasteiger partial charge is 0.272 e. The summed E-state index contributed by atoms with van der Waals surface area (Å²) < 4.78 is 0. The molecule has 6 unspecified atom stereocenters. The minimum atomic E-state index is -0.911. The molecule has 4 amide bonds. The van der Waals surface area contributed by atoms with Crippen molar-refractivity contribution in [1.82, 2.24) is 30.8 Å². The summed E-state index contributed by atoms with van der Waals surface area (Å²) in [5.41, 5.74) is -0.781. The minimum absolute atomic E-state index is 0.0541. The first-order valence-corrected chi connectivity index (χ1v) is 13.7. The molecular weight excluding hydrogens is 498 g/mol. The first-order chi connectivity index (χ1) is 18.3. The van der Waals surface area contributed by atoms with E-state index in [4.69, 9.17) is 0 Å². The van der Waals surface area contributed by atoms with Crippen LogP contribution < -0.4 is 16.0 Å².